The van der Waals surface area contributed by atoms with Gasteiger partial charge in [-0.1, -0.05) is 30.3 Å². The fraction of sp³-hybridized carbons (Fsp3) is 0.364. The zero-order chi connectivity index (χ0) is 14.9. The van der Waals surface area contributed by atoms with E-state index in [2.05, 4.69) is 0 Å². The topological polar surface area (TPSA) is 127 Å². The molecule has 0 amide bonds. The predicted octanol–water partition coefficient (Wildman–Crippen LogP) is 0.467. The Morgan fingerprint density at radius 1 is 1.32 bits per heavy atom. The summed E-state index contributed by atoms with van der Waals surface area (Å²) in [5.74, 6) is -0.337. The van der Waals surface area contributed by atoms with Gasteiger partial charge in [0.05, 0.1) is 6.61 Å². The predicted molar refractivity (Wildman–Crippen MR) is 68.9 cm³/mol. The van der Waals surface area contributed by atoms with Gasteiger partial charge in [0.25, 0.3) is 0 Å². The van der Waals surface area contributed by atoms with Crippen LogP contribution >= 0.6 is 0 Å². The lowest BCUT2D eigenvalue weighted by Crippen LogP contribution is -2.34. The second-order valence-electron chi connectivity index (χ2n) is 3.50. The maximum absolute atomic E-state index is 11.2. The van der Waals surface area contributed by atoms with Gasteiger partial charge in [0.1, 0.15) is 6.04 Å². The molecule has 0 saturated heterocycles. The van der Waals surface area contributed by atoms with Gasteiger partial charge in [-0.05, 0) is 18.9 Å². The van der Waals surface area contributed by atoms with Crippen LogP contribution < -0.4 is 5.73 Å². The van der Waals surface area contributed by atoms with Crippen molar-refractivity contribution < 1.29 is 27.1 Å². The fourth-order valence-corrected chi connectivity index (χ4v) is 1.20. The molecule has 1 atom stereocenters. The number of nitrogens with two attached hydrogens (primary N) is 1. The number of carbonyl (C=O) groups excluding carboxylic acids is 1. The van der Waals surface area contributed by atoms with Crippen molar-refractivity contribution in [1.82, 2.24) is 0 Å². The van der Waals surface area contributed by atoms with Crippen LogP contribution in [0.15, 0.2) is 30.3 Å². The summed E-state index contributed by atoms with van der Waals surface area (Å²) in [6.07, 6.45) is 0.527. The molecule has 0 aliphatic rings. The Hall–Kier alpha value is -1.48. The Balaban J connectivity index is 0.000000555. The maximum atomic E-state index is 11.2. The molecule has 19 heavy (non-hydrogen) atoms. The summed E-state index contributed by atoms with van der Waals surface area (Å²) < 4.78 is 36.4. The van der Waals surface area contributed by atoms with Crippen molar-refractivity contribution in [3.8, 4) is 0 Å². The van der Waals surface area contributed by atoms with E-state index in [1.165, 1.54) is 0 Å². The van der Waals surface area contributed by atoms with Crippen molar-refractivity contribution in [3.63, 3.8) is 0 Å². The second kappa shape index (κ2) is 8.59. The molecule has 1 aromatic carbocycles. The summed E-state index contributed by atoms with van der Waals surface area (Å²) in [5, 5.41) is 0. The van der Waals surface area contributed by atoms with Crippen LogP contribution in [0, 0.1) is 0 Å². The Morgan fingerprint density at radius 3 is 2.21 bits per heavy atom. The van der Waals surface area contributed by atoms with Crippen molar-refractivity contribution in [2.24, 2.45) is 5.73 Å². The second-order valence-corrected chi connectivity index (χ2v) is 4.39. The third-order valence-corrected chi connectivity index (χ3v) is 1.89. The molecule has 0 radical (unpaired) electrons. The average Bonchev–Trinajstić information content (AvgIpc) is 2.28. The largest absolute Gasteiger partial charge is 0.465 e. The first-order chi connectivity index (χ1) is 8.74. The average molecular weight is 291 g/mol. The van der Waals surface area contributed by atoms with Gasteiger partial charge in [-0.3, -0.25) is 13.9 Å². The van der Waals surface area contributed by atoms with E-state index in [1.807, 2.05) is 30.3 Å². The first-order valence-electron chi connectivity index (χ1n) is 5.40. The number of hydrogen-bond donors (Lipinski definition) is 3. The standard InChI is InChI=1S/C11H15NO2.H2O4S/c1-2-14-11(13)10(12)8-9-6-4-3-5-7-9;1-5(2,3)4/h3-7,10H,2,8,12H2,1H3;(H2,1,2,3,4)/t10-;/m0./s1. The highest BCUT2D eigenvalue weighted by molar-refractivity contribution is 7.79. The third-order valence-electron chi connectivity index (χ3n) is 1.89. The SMILES string of the molecule is CCOC(=O)[C@@H](N)Cc1ccccc1.O=S(=O)(O)O. The first-order valence-corrected chi connectivity index (χ1v) is 6.79. The van der Waals surface area contributed by atoms with Crippen LogP contribution in [0.3, 0.4) is 0 Å². The molecule has 0 heterocycles. The van der Waals surface area contributed by atoms with E-state index in [-0.39, 0.29) is 5.97 Å². The fourth-order valence-electron chi connectivity index (χ4n) is 1.20. The molecule has 0 aromatic heterocycles. The molecule has 0 unspecified atom stereocenters. The van der Waals surface area contributed by atoms with Gasteiger partial charge in [0, 0.05) is 0 Å². The molecule has 0 bridgehead atoms. The molecule has 0 aliphatic heterocycles. The lowest BCUT2D eigenvalue weighted by Gasteiger charge is -2.09. The molecule has 0 fully saturated rings. The minimum atomic E-state index is -4.67. The van der Waals surface area contributed by atoms with Gasteiger partial charge in [-0.15, -0.1) is 0 Å². The van der Waals surface area contributed by atoms with E-state index in [1.54, 1.807) is 6.92 Å². The zero-order valence-electron chi connectivity index (χ0n) is 10.4. The quantitative estimate of drug-likeness (QED) is 0.543. The monoisotopic (exact) mass is 291 g/mol. The Morgan fingerprint density at radius 2 is 1.79 bits per heavy atom. The first kappa shape index (κ1) is 17.5. The molecule has 8 heteroatoms. The highest BCUT2D eigenvalue weighted by atomic mass is 32.3. The molecule has 0 saturated carbocycles. The van der Waals surface area contributed by atoms with Crippen molar-refractivity contribution >= 4 is 16.4 Å². The van der Waals surface area contributed by atoms with Crippen LogP contribution in [0.5, 0.6) is 0 Å². The molecule has 108 valence electrons. The lowest BCUT2D eigenvalue weighted by atomic mass is 10.1. The van der Waals surface area contributed by atoms with E-state index < -0.39 is 16.4 Å². The molecule has 7 nitrogen and oxygen atoms in total. The minimum Gasteiger partial charge on any atom is -0.465 e. The highest BCUT2D eigenvalue weighted by Crippen LogP contribution is 2.02. The van der Waals surface area contributed by atoms with Crippen LogP contribution in [0.4, 0.5) is 0 Å². The third kappa shape index (κ3) is 11.3. The van der Waals surface area contributed by atoms with Crippen molar-refractivity contribution in [3.05, 3.63) is 35.9 Å². The number of ether oxygens (including phenoxy) is 1. The van der Waals surface area contributed by atoms with E-state index in [4.69, 9.17) is 28.0 Å². The summed E-state index contributed by atoms with van der Waals surface area (Å²) >= 11 is 0. The molecular formula is C11H17NO6S. The maximum Gasteiger partial charge on any atom is 0.394 e. The minimum absolute atomic E-state index is 0.337. The van der Waals surface area contributed by atoms with Crippen LogP contribution in [-0.4, -0.2) is 36.1 Å². The Labute approximate surface area is 112 Å². The van der Waals surface area contributed by atoms with Crippen LogP contribution in [0.25, 0.3) is 0 Å². The highest BCUT2D eigenvalue weighted by Gasteiger charge is 2.14. The number of esters is 1. The lowest BCUT2D eigenvalue weighted by molar-refractivity contribution is -0.144. The van der Waals surface area contributed by atoms with E-state index >= 15 is 0 Å². The Kier molecular flexibility index (Phi) is 7.92. The van der Waals surface area contributed by atoms with Crippen molar-refractivity contribution in [1.29, 1.82) is 0 Å². The smallest absolute Gasteiger partial charge is 0.394 e. The van der Waals surface area contributed by atoms with Gasteiger partial charge >= 0.3 is 16.4 Å². The van der Waals surface area contributed by atoms with E-state index in [0.717, 1.165) is 5.56 Å². The molecule has 1 rings (SSSR count). The summed E-state index contributed by atoms with van der Waals surface area (Å²) in [4.78, 5) is 11.2. The summed E-state index contributed by atoms with van der Waals surface area (Å²) in [6, 6.07) is 9.11. The van der Waals surface area contributed by atoms with Gasteiger partial charge in [0.2, 0.25) is 0 Å². The summed E-state index contributed by atoms with van der Waals surface area (Å²) in [7, 11) is -4.67. The van der Waals surface area contributed by atoms with Crippen LogP contribution in [-0.2, 0) is 26.4 Å². The molecular weight excluding hydrogens is 274 g/mol. The number of hydrogen-bond acceptors (Lipinski definition) is 5. The van der Waals surface area contributed by atoms with E-state index in [9.17, 15) is 4.79 Å². The van der Waals surface area contributed by atoms with Crippen LogP contribution in [0.1, 0.15) is 12.5 Å². The number of benzene rings is 1. The van der Waals surface area contributed by atoms with Crippen molar-refractivity contribution in [2.45, 2.75) is 19.4 Å². The van der Waals surface area contributed by atoms with Gasteiger partial charge in [-0.2, -0.15) is 8.42 Å². The summed E-state index contributed by atoms with van der Waals surface area (Å²) in [5.41, 5.74) is 6.71. The normalized spacial score (nSPS) is 12.0. The van der Waals surface area contributed by atoms with Crippen LogP contribution in [0.2, 0.25) is 0 Å². The van der Waals surface area contributed by atoms with Gasteiger partial charge in [-0.25, -0.2) is 0 Å². The van der Waals surface area contributed by atoms with E-state index in [0.29, 0.717) is 13.0 Å². The van der Waals surface area contributed by atoms with Gasteiger partial charge in [0.15, 0.2) is 0 Å². The summed E-state index contributed by atoms with van der Waals surface area (Å²) in [6.45, 7) is 2.15. The molecule has 4 N–H and O–H groups in total. The molecule has 1 aromatic rings. The zero-order valence-corrected chi connectivity index (χ0v) is 11.2. The number of rotatable bonds is 4. The molecule has 0 aliphatic carbocycles. The Bertz CT molecular complexity index is 465. The van der Waals surface area contributed by atoms with Gasteiger partial charge < -0.3 is 10.5 Å². The molecule has 0 spiro atoms. The number of carbonyl (C=O) groups is 1. The van der Waals surface area contributed by atoms with Crippen molar-refractivity contribution in [2.75, 3.05) is 6.61 Å².